The van der Waals surface area contributed by atoms with E-state index in [1.54, 1.807) is 0 Å². The third-order valence-electron chi connectivity index (χ3n) is 2.86. The van der Waals surface area contributed by atoms with Gasteiger partial charge in [-0.3, -0.25) is 0 Å². The van der Waals surface area contributed by atoms with Gasteiger partial charge in [-0.1, -0.05) is 25.1 Å². The van der Waals surface area contributed by atoms with Gasteiger partial charge in [0.2, 0.25) is 0 Å². The fourth-order valence-electron chi connectivity index (χ4n) is 1.88. The van der Waals surface area contributed by atoms with E-state index < -0.39 is 0 Å². The van der Waals surface area contributed by atoms with E-state index in [0.717, 1.165) is 43.1 Å². The summed E-state index contributed by atoms with van der Waals surface area (Å²) in [7, 11) is 0. The zero-order valence-electron chi connectivity index (χ0n) is 11.2. The molecule has 0 aliphatic carbocycles. The number of aromatic nitrogens is 1. The molecule has 0 saturated carbocycles. The van der Waals surface area contributed by atoms with E-state index in [9.17, 15) is 0 Å². The van der Waals surface area contributed by atoms with Crippen molar-refractivity contribution in [3.63, 3.8) is 0 Å². The molecule has 102 valence electrons. The van der Waals surface area contributed by atoms with Crippen molar-refractivity contribution in [3.8, 4) is 11.3 Å². The molecule has 2 aromatic rings. The maximum Gasteiger partial charge on any atom is 0.194 e. The van der Waals surface area contributed by atoms with Crippen molar-refractivity contribution in [1.82, 2.24) is 10.3 Å². The maximum absolute atomic E-state index is 5.81. The van der Waals surface area contributed by atoms with E-state index in [4.69, 9.17) is 4.42 Å². The first kappa shape index (κ1) is 14.5. The van der Waals surface area contributed by atoms with Gasteiger partial charge < -0.3 is 9.73 Å². The van der Waals surface area contributed by atoms with Crippen molar-refractivity contribution < 1.29 is 4.42 Å². The molecule has 0 radical (unpaired) electrons. The molecule has 0 saturated heterocycles. The first-order valence-electron chi connectivity index (χ1n) is 6.71. The Balaban J connectivity index is 1.91. The van der Waals surface area contributed by atoms with Gasteiger partial charge >= 0.3 is 0 Å². The summed E-state index contributed by atoms with van der Waals surface area (Å²) in [6.45, 7) is 4.28. The largest absolute Gasteiger partial charge is 0.441 e. The van der Waals surface area contributed by atoms with Crippen LogP contribution in [0, 0.1) is 3.57 Å². The van der Waals surface area contributed by atoms with Gasteiger partial charge in [-0.25, -0.2) is 4.98 Å². The molecule has 0 fully saturated rings. The lowest BCUT2D eigenvalue weighted by atomic mass is 10.2. The summed E-state index contributed by atoms with van der Waals surface area (Å²) in [5, 5.41) is 3.38. The third kappa shape index (κ3) is 4.31. The van der Waals surface area contributed by atoms with Crippen LogP contribution >= 0.6 is 22.6 Å². The standard InChI is InChI=1S/C15H19IN2O/c1-2-9-17-10-5-8-15-18-11-14(19-15)12-6-3-4-7-13(12)16/h3-4,6-7,11,17H,2,5,8-10H2,1H3. The number of halogens is 1. The van der Waals surface area contributed by atoms with Crippen LogP contribution in [0.1, 0.15) is 25.7 Å². The minimum Gasteiger partial charge on any atom is -0.441 e. The minimum atomic E-state index is 0.827. The van der Waals surface area contributed by atoms with Crippen molar-refractivity contribution in [2.24, 2.45) is 0 Å². The highest BCUT2D eigenvalue weighted by Gasteiger charge is 2.08. The summed E-state index contributed by atoms with van der Waals surface area (Å²) >= 11 is 2.32. The van der Waals surface area contributed by atoms with Crippen molar-refractivity contribution >= 4 is 22.6 Å². The molecule has 0 unspecified atom stereocenters. The Morgan fingerprint density at radius 1 is 1.26 bits per heavy atom. The van der Waals surface area contributed by atoms with E-state index in [1.807, 2.05) is 18.3 Å². The van der Waals surface area contributed by atoms with Crippen LogP contribution in [0.4, 0.5) is 0 Å². The van der Waals surface area contributed by atoms with Gasteiger partial charge in [0, 0.05) is 15.6 Å². The van der Waals surface area contributed by atoms with Crippen LogP contribution in [-0.2, 0) is 6.42 Å². The summed E-state index contributed by atoms with van der Waals surface area (Å²) in [5.41, 5.74) is 1.12. The molecule has 0 aliphatic rings. The molecular weight excluding hydrogens is 351 g/mol. The number of nitrogens with one attached hydrogen (secondary N) is 1. The molecule has 2 rings (SSSR count). The molecule has 1 heterocycles. The molecule has 4 heteroatoms. The van der Waals surface area contributed by atoms with Crippen LogP contribution in [0.2, 0.25) is 0 Å². The van der Waals surface area contributed by atoms with Crippen molar-refractivity contribution in [2.75, 3.05) is 13.1 Å². The van der Waals surface area contributed by atoms with E-state index in [-0.39, 0.29) is 0 Å². The monoisotopic (exact) mass is 370 g/mol. The van der Waals surface area contributed by atoms with Crippen LogP contribution in [0.5, 0.6) is 0 Å². The first-order chi connectivity index (χ1) is 9.31. The number of rotatable bonds is 7. The lowest BCUT2D eigenvalue weighted by molar-refractivity contribution is 0.491. The van der Waals surface area contributed by atoms with Gasteiger partial charge in [-0.2, -0.15) is 0 Å². The van der Waals surface area contributed by atoms with Crippen molar-refractivity contribution in [3.05, 3.63) is 39.9 Å². The second-order valence-corrected chi connectivity index (χ2v) is 5.61. The van der Waals surface area contributed by atoms with Gasteiger partial charge in [0.1, 0.15) is 0 Å². The molecule has 19 heavy (non-hydrogen) atoms. The Bertz CT molecular complexity index is 510. The van der Waals surface area contributed by atoms with E-state index in [0.29, 0.717) is 0 Å². The molecule has 1 N–H and O–H groups in total. The number of hydrogen-bond donors (Lipinski definition) is 1. The highest BCUT2D eigenvalue weighted by atomic mass is 127. The number of hydrogen-bond acceptors (Lipinski definition) is 3. The van der Waals surface area contributed by atoms with Gasteiger partial charge in [0.25, 0.3) is 0 Å². The summed E-state index contributed by atoms with van der Waals surface area (Å²) in [5.74, 6) is 1.69. The predicted molar refractivity (Wildman–Crippen MR) is 86.1 cm³/mol. The van der Waals surface area contributed by atoms with E-state index in [1.165, 1.54) is 9.99 Å². The summed E-state index contributed by atoms with van der Waals surface area (Å²) < 4.78 is 7.00. The van der Waals surface area contributed by atoms with Crippen molar-refractivity contribution in [2.45, 2.75) is 26.2 Å². The second kappa shape index (κ2) is 7.65. The number of aryl methyl sites for hydroxylation is 1. The Labute approximate surface area is 128 Å². The predicted octanol–water partition coefficient (Wildman–Crippen LogP) is 3.88. The van der Waals surface area contributed by atoms with Gasteiger partial charge in [-0.05, 0) is 54.6 Å². The van der Waals surface area contributed by atoms with Gasteiger partial charge in [-0.15, -0.1) is 0 Å². The lowest BCUT2D eigenvalue weighted by Gasteiger charge is -2.01. The Morgan fingerprint density at radius 3 is 2.89 bits per heavy atom. The van der Waals surface area contributed by atoms with Crippen molar-refractivity contribution in [1.29, 1.82) is 0 Å². The molecule has 3 nitrogen and oxygen atoms in total. The number of nitrogens with zero attached hydrogens (tertiary/aromatic N) is 1. The highest BCUT2D eigenvalue weighted by molar-refractivity contribution is 14.1. The molecule has 0 bridgehead atoms. The van der Waals surface area contributed by atoms with Crippen LogP contribution in [0.3, 0.4) is 0 Å². The minimum absolute atomic E-state index is 0.827. The smallest absolute Gasteiger partial charge is 0.194 e. The van der Waals surface area contributed by atoms with Gasteiger partial charge in [0.05, 0.1) is 6.20 Å². The third-order valence-corrected chi connectivity index (χ3v) is 3.80. The zero-order chi connectivity index (χ0) is 13.5. The highest BCUT2D eigenvalue weighted by Crippen LogP contribution is 2.25. The Hall–Kier alpha value is -0.880. The number of oxazole rings is 1. The van der Waals surface area contributed by atoms with Crippen LogP contribution in [0.15, 0.2) is 34.9 Å². The molecule has 0 aliphatic heterocycles. The Kier molecular flexibility index (Phi) is 5.85. The summed E-state index contributed by atoms with van der Waals surface area (Å²) in [4.78, 5) is 4.35. The molecule has 0 spiro atoms. The molecule has 0 amide bonds. The fraction of sp³-hybridized carbons (Fsp3) is 0.400. The van der Waals surface area contributed by atoms with Crippen LogP contribution in [-0.4, -0.2) is 18.1 Å². The van der Waals surface area contributed by atoms with Gasteiger partial charge in [0.15, 0.2) is 11.7 Å². The second-order valence-electron chi connectivity index (χ2n) is 4.45. The fourth-order valence-corrected chi connectivity index (χ4v) is 2.53. The normalized spacial score (nSPS) is 10.8. The molecule has 1 aromatic carbocycles. The summed E-state index contributed by atoms with van der Waals surface area (Å²) in [6, 6.07) is 8.19. The van der Waals surface area contributed by atoms with E-state index >= 15 is 0 Å². The molecule has 0 atom stereocenters. The van der Waals surface area contributed by atoms with Crippen LogP contribution in [0.25, 0.3) is 11.3 Å². The first-order valence-corrected chi connectivity index (χ1v) is 7.79. The number of benzene rings is 1. The topological polar surface area (TPSA) is 38.1 Å². The quantitative estimate of drug-likeness (QED) is 0.594. The van der Waals surface area contributed by atoms with Crippen LogP contribution < -0.4 is 5.32 Å². The zero-order valence-corrected chi connectivity index (χ0v) is 13.3. The Morgan fingerprint density at radius 2 is 2.11 bits per heavy atom. The summed E-state index contributed by atoms with van der Waals surface area (Å²) in [6.07, 6.45) is 4.95. The maximum atomic E-state index is 5.81. The molecular formula is C15H19IN2O. The lowest BCUT2D eigenvalue weighted by Crippen LogP contribution is -2.16. The molecule has 1 aromatic heterocycles. The van der Waals surface area contributed by atoms with E-state index in [2.05, 4.69) is 51.9 Å². The average molecular weight is 370 g/mol. The SMILES string of the molecule is CCCNCCCc1ncc(-c2ccccc2I)o1. The average Bonchev–Trinajstić information content (AvgIpc) is 2.88.